The van der Waals surface area contributed by atoms with E-state index in [1.807, 2.05) is 13.8 Å². The standard InChI is InChI=1S/C19H26BrN3.C2H6/c1-21-10-11-22(14-21)13-15-2-5-18(6-3-15)23-9-8-16-12-17(20)4-7-19(16)23;1-2/h4,7-9,12,15,18H,2-3,5-6,10-11,13-14H2,1H3;1-2H3. The van der Waals surface area contributed by atoms with Gasteiger partial charge in [-0.05, 0) is 62.9 Å². The van der Waals surface area contributed by atoms with E-state index in [2.05, 4.69) is 67.8 Å². The van der Waals surface area contributed by atoms with Crippen molar-refractivity contribution in [1.29, 1.82) is 0 Å². The van der Waals surface area contributed by atoms with Crippen molar-refractivity contribution < 1.29 is 0 Å². The molecule has 0 atom stereocenters. The lowest BCUT2D eigenvalue weighted by Crippen LogP contribution is -2.31. The number of aromatic nitrogens is 1. The molecule has 1 aliphatic carbocycles. The van der Waals surface area contributed by atoms with Crippen LogP contribution >= 0.6 is 15.9 Å². The summed E-state index contributed by atoms with van der Waals surface area (Å²) in [6.07, 6.45) is 7.70. The Balaban J connectivity index is 0.000000880. The summed E-state index contributed by atoms with van der Waals surface area (Å²) in [6.45, 7) is 8.96. The number of hydrogen-bond donors (Lipinski definition) is 0. The summed E-state index contributed by atoms with van der Waals surface area (Å²) >= 11 is 3.57. The highest BCUT2D eigenvalue weighted by molar-refractivity contribution is 9.10. The quantitative estimate of drug-likeness (QED) is 0.679. The molecule has 138 valence electrons. The van der Waals surface area contributed by atoms with Gasteiger partial charge in [0.25, 0.3) is 0 Å². The summed E-state index contributed by atoms with van der Waals surface area (Å²) in [5.74, 6) is 0.897. The normalized spacial score (nSPS) is 25.1. The lowest BCUT2D eigenvalue weighted by molar-refractivity contribution is 0.189. The Morgan fingerprint density at radius 2 is 1.80 bits per heavy atom. The molecule has 0 spiro atoms. The van der Waals surface area contributed by atoms with Gasteiger partial charge in [-0.15, -0.1) is 0 Å². The zero-order valence-electron chi connectivity index (χ0n) is 15.9. The van der Waals surface area contributed by atoms with Gasteiger partial charge in [0.15, 0.2) is 0 Å². The molecule has 25 heavy (non-hydrogen) atoms. The van der Waals surface area contributed by atoms with Crippen LogP contribution in [0, 0.1) is 5.92 Å². The van der Waals surface area contributed by atoms with E-state index in [0.717, 1.165) is 12.6 Å². The molecule has 2 aromatic rings. The third-order valence-corrected chi connectivity index (χ3v) is 6.14. The third-order valence-electron chi connectivity index (χ3n) is 5.65. The second-order valence-electron chi connectivity index (χ2n) is 7.40. The lowest BCUT2D eigenvalue weighted by atomic mass is 9.85. The fraction of sp³-hybridized carbons (Fsp3) is 0.619. The molecular formula is C21H32BrN3. The highest BCUT2D eigenvalue weighted by Gasteiger charge is 2.26. The van der Waals surface area contributed by atoms with E-state index in [4.69, 9.17) is 0 Å². The van der Waals surface area contributed by atoms with E-state index in [9.17, 15) is 0 Å². The molecule has 2 heterocycles. The summed E-state index contributed by atoms with van der Waals surface area (Å²) < 4.78 is 3.68. The van der Waals surface area contributed by atoms with Crippen LogP contribution in [0.3, 0.4) is 0 Å². The van der Waals surface area contributed by atoms with Crippen LogP contribution in [0.1, 0.15) is 45.6 Å². The minimum absolute atomic E-state index is 0.686. The summed E-state index contributed by atoms with van der Waals surface area (Å²) in [6, 6.07) is 9.58. The van der Waals surface area contributed by atoms with Crippen LogP contribution in [-0.2, 0) is 0 Å². The van der Waals surface area contributed by atoms with Crippen molar-refractivity contribution in [2.45, 2.75) is 45.6 Å². The minimum Gasteiger partial charge on any atom is -0.344 e. The van der Waals surface area contributed by atoms with Gasteiger partial charge in [0, 0.05) is 47.2 Å². The first-order chi connectivity index (χ1) is 12.2. The van der Waals surface area contributed by atoms with Gasteiger partial charge in [0.1, 0.15) is 0 Å². The van der Waals surface area contributed by atoms with Gasteiger partial charge >= 0.3 is 0 Å². The Labute approximate surface area is 161 Å². The molecule has 1 aliphatic heterocycles. The van der Waals surface area contributed by atoms with Crippen molar-refractivity contribution in [1.82, 2.24) is 14.4 Å². The van der Waals surface area contributed by atoms with Crippen LogP contribution in [0.15, 0.2) is 34.9 Å². The SMILES string of the molecule is CC.CN1CCN(CC2CCC(n3ccc4cc(Br)ccc43)CC2)C1. The monoisotopic (exact) mass is 405 g/mol. The van der Waals surface area contributed by atoms with Crippen molar-refractivity contribution in [3.8, 4) is 0 Å². The topological polar surface area (TPSA) is 11.4 Å². The molecule has 4 heteroatoms. The third kappa shape index (κ3) is 4.47. The Hall–Kier alpha value is -0.840. The van der Waals surface area contributed by atoms with Gasteiger partial charge in [-0.2, -0.15) is 0 Å². The number of hydrogen-bond acceptors (Lipinski definition) is 2. The maximum Gasteiger partial charge on any atom is 0.0504 e. The number of benzene rings is 1. The largest absolute Gasteiger partial charge is 0.344 e. The van der Waals surface area contributed by atoms with Crippen molar-refractivity contribution in [2.24, 2.45) is 5.92 Å². The molecule has 0 bridgehead atoms. The Morgan fingerprint density at radius 1 is 1.04 bits per heavy atom. The molecule has 0 radical (unpaired) electrons. The van der Waals surface area contributed by atoms with E-state index in [0.29, 0.717) is 6.04 Å². The first kappa shape index (κ1) is 18.9. The van der Waals surface area contributed by atoms with Crippen LogP contribution in [0.25, 0.3) is 10.9 Å². The van der Waals surface area contributed by atoms with Gasteiger partial charge in [0.05, 0.1) is 6.67 Å². The fourth-order valence-electron chi connectivity index (χ4n) is 4.37. The van der Waals surface area contributed by atoms with Gasteiger partial charge in [-0.25, -0.2) is 0 Å². The summed E-state index contributed by atoms with van der Waals surface area (Å²) in [4.78, 5) is 5.06. The van der Waals surface area contributed by atoms with E-state index >= 15 is 0 Å². The first-order valence-corrected chi connectivity index (χ1v) is 10.7. The lowest BCUT2D eigenvalue weighted by Gasteiger charge is -2.32. The number of rotatable bonds is 3. The molecule has 2 aliphatic rings. The van der Waals surface area contributed by atoms with Crippen molar-refractivity contribution in [3.05, 3.63) is 34.9 Å². The molecule has 1 saturated carbocycles. The van der Waals surface area contributed by atoms with Gasteiger partial charge in [-0.3, -0.25) is 9.80 Å². The summed E-state index contributed by atoms with van der Waals surface area (Å²) in [7, 11) is 2.23. The fourth-order valence-corrected chi connectivity index (χ4v) is 4.75. The Bertz CT molecular complexity index is 673. The summed E-state index contributed by atoms with van der Waals surface area (Å²) in [5.41, 5.74) is 1.39. The van der Waals surface area contributed by atoms with Crippen molar-refractivity contribution >= 4 is 26.8 Å². The average molecular weight is 406 g/mol. The molecule has 0 unspecified atom stereocenters. The second-order valence-corrected chi connectivity index (χ2v) is 8.31. The minimum atomic E-state index is 0.686. The predicted molar refractivity (Wildman–Crippen MR) is 111 cm³/mol. The summed E-state index contributed by atoms with van der Waals surface area (Å²) in [5, 5.41) is 1.35. The van der Waals surface area contributed by atoms with Crippen LogP contribution in [-0.4, -0.2) is 47.7 Å². The van der Waals surface area contributed by atoms with Crippen LogP contribution in [0.5, 0.6) is 0 Å². The van der Waals surface area contributed by atoms with Gasteiger partial charge < -0.3 is 4.57 Å². The smallest absolute Gasteiger partial charge is 0.0504 e. The van der Waals surface area contributed by atoms with E-state index in [-0.39, 0.29) is 0 Å². The number of nitrogens with zero attached hydrogens (tertiary/aromatic N) is 3. The molecular weight excluding hydrogens is 374 g/mol. The predicted octanol–water partition coefficient (Wildman–Crippen LogP) is 5.37. The maximum atomic E-state index is 3.57. The van der Waals surface area contributed by atoms with Gasteiger partial charge in [-0.1, -0.05) is 29.8 Å². The van der Waals surface area contributed by atoms with Crippen LogP contribution in [0.4, 0.5) is 0 Å². The average Bonchev–Trinajstić information content (AvgIpc) is 3.23. The maximum absolute atomic E-state index is 3.57. The van der Waals surface area contributed by atoms with Crippen LogP contribution < -0.4 is 0 Å². The van der Waals surface area contributed by atoms with Crippen molar-refractivity contribution in [3.63, 3.8) is 0 Å². The van der Waals surface area contributed by atoms with E-state index < -0.39 is 0 Å². The van der Waals surface area contributed by atoms with Gasteiger partial charge in [0.2, 0.25) is 0 Å². The number of likely N-dealkylation sites (N-methyl/N-ethyl adjacent to an activating group) is 1. The Morgan fingerprint density at radius 3 is 2.48 bits per heavy atom. The molecule has 3 nitrogen and oxygen atoms in total. The highest BCUT2D eigenvalue weighted by Crippen LogP contribution is 2.35. The van der Waals surface area contributed by atoms with E-state index in [1.54, 1.807) is 0 Å². The number of halogens is 1. The molecule has 1 saturated heterocycles. The highest BCUT2D eigenvalue weighted by atomic mass is 79.9. The second kappa shape index (κ2) is 8.70. The van der Waals surface area contributed by atoms with Crippen LogP contribution in [0.2, 0.25) is 0 Å². The molecule has 1 aromatic carbocycles. The molecule has 4 rings (SSSR count). The van der Waals surface area contributed by atoms with Crippen molar-refractivity contribution in [2.75, 3.05) is 33.4 Å². The zero-order valence-corrected chi connectivity index (χ0v) is 17.5. The first-order valence-electron chi connectivity index (χ1n) is 9.86. The molecule has 0 amide bonds. The number of fused-ring (bicyclic) bond motifs is 1. The molecule has 2 fully saturated rings. The van der Waals surface area contributed by atoms with E-state index in [1.165, 1.54) is 60.7 Å². The Kier molecular flexibility index (Phi) is 6.59. The molecule has 0 N–H and O–H groups in total. The molecule has 1 aromatic heterocycles. The zero-order chi connectivity index (χ0) is 17.8.